The number of rotatable bonds is 10. The molecule has 0 N–H and O–H groups in total. The van der Waals surface area contributed by atoms with Crippen LogP contribution in [0.4, 0.5) is 0 Å². The molecule has 170 valence electrons. The minimum absolute atomic E-state index is 0.731. The Morgan fingerprint density at radius 1 is 0.781 bits per heavy atom. The molecule has 0 saturated carbocycles. The molecule has 0 radical (unpaired) electrons. The molecule has 32 heavy (non-hydrogen) atoms. The maximum atomic E-state index is 5.63. The number of aromatic nitrogens is 2. The largest absolute Gasteiger partial charge is 0.496 e. The molecule has 3 rings (SSSR count). The molecule has 2 heterocycles. The highest BCUT2D eigenvalue weighted by molar-refractivity contribution is 7.99. The summed E-state index contributed by atoms with van der Waals surface area (Å²) in [4.78, 5) is 13.2. The fraction of sp³-hybridized carbons (Fsp3) is 0.385. The van der Waals surface area contributed by atoms with E-state index in [2.05, 4.69) is 49.1 Å². The molecule has 0 bridgehead atoms. The van der Waals surface area contributed by atoms with Gasteiger partial charge in [0.1, 0.15) is 11.5 Å². The molecule has 0 aliphatic carbocycles. The van der Waals surface area contributed by atoms with Gasteiger partial charge in [-0.3, -0.25) is 14.9 Å². The standard InChI is InChI=1S/C26H33N3O2S/c1-18-14-27-23(20(3)25(18)30-5)16-29(12-13-32-22-10-8-7-9-11-22)17-24-21(4)26(31-6)19(2)15-28-24/h7-11,14-15H,12-13,16-17H2,1-6H3. The van der Waals surface area contributed by atoms with E-state index < -0.39 is 0 Å². The summed E-state index contributed by atoms with van der Waals surface area (Å²) in [7, 11) is 3.44. The highest BCUT2D eigenvalue weighted by Crippen LogP contribution is 2.28. The molecular weight excluding hydrogens is 418 g/mol. The van der Waals surface area contributed by atoms with Crippen molar-refractivity contribution in [1.82, 2.24) is 14.9 Å². The van der Waals surface area contributed by atoms with Gasteiger partial charge < -0.3 is 9.47 Å². The molecule has 0 amide bonds. The number of hydrogen-bond acceptors (Lipinski definition) is 6. The average Bonchev–Trinajstić information content (AvgIpc) is 2.79. The molecule has 5 nitrogen and oxygen atoms in total. The van der Waals surface area contributed by atoms with Crippen molar-refractivity contribution in [3.8, 4) is 11.5 Å². The summed E-state index contributed by atoms with van der Waals surface area (Å²) in [6.45, 7) is 10.6. The zero-order chi connectivity index (χ0) is 23.1. The van der Waals surface area contributed by atoms with Gasteiger partial charge in [0.25, 0.3) is 0 Å². The van der Waals surface area contributed by atoms with Gasteiger partial charge in [0.2, 0.25) is 0 Å². The number of pyridine rings is 2. The van der Waals surface area contributed by atoms with Crippen molar-refractivity contribution in [2.45, 2.75) is 45.7 Å². The van der Waals surface area contributed by atoms with Crippen molar-refractivity contribution in [3.05, 3.63) is 76.4 Å². The molecule has 0 saturated heterocycles. The zero-order valence-electron chi connectivity index (χ0n) is 19.9. The molecule has 0 fully saturated rings. The summed E-state index contributed by atoms with van der Waals surface area (Å²) < 4.78 is 11.3. The van der Waals surface area contributed by atoms with E-state index in [-0.39, 0.29) is 0 Å². The molecule has 0 aliphatic rings. The topological polar surface area (TPSA) is 47.5 Å². The van der Waals surface area contributed by atoms with Crippen LogP contribution >= 0.6 is 11.8 Å². The van der Waals surface area contributed by atoms with Crippen molar-refractivity contribution in [2.75, 3.05) is 26.5 Å². The third-order valence-corrected chi connectivity index (χ3v) is 6.66. The normalized spacial score (nSPS) is 11.1. The van der Waals surface area contributed by atoms with Crippen LogP contribution < -0.4 is 9.47 Å². The minimum Gasteiger partial charge on any atom is -0.496 e. The lowest BCUT2D eigenvalue weighted by atomic mass is 10.1. The minimum atomic E-state index is 0.731. The summed E-state index contributed by atoms with van der Waals surface area (Å²) in [5.74, 6) is 2.81. The molecule has 0 unspecified atom stereocenters. The molecule has 1 aromatic carbocycles. The lowest BCUT2D eigenvalue weighted by Gasteiger charge is -2.24. The van der Waals surface area contributed by atoms with Crippen molar-refractivity contribution >= 4 is 11.8 Å². The lowest BCUT2D eigenvalue weighted by molar-refractivity contribution is 0.264. The van der Waals surface area contributed by atoms with Crippen LogP contribution in [0.2, 0.25) is 0 Å². The Bertz CT molecular complexity index is 979. The van der Waals surface area contributed by atoms with Gasteiger partial charge >= 0.3 is 0 Å². The van der Waals surface area contributed by atoms with Gasteiger partial charge in [-0.1, -0.05) is 18.2 Å². The molecule has 6 heteroatoms. The molecular formula is C26H33N3O2S. The van der Waals surface area contributed by atoms with Crippen LogP contribution in [0.3, 0.4) is 0 Å². The Morgan fingerprint density at radius 3 is 1.75 bits per heavy atom. The monoisotopic (exact) mass is 451 g/mol. The van der Waals surface area contributed by atoms with Crippen molar-refractivity contribution in [2.24, 2.45) is 0 Å². The zero-order valence-corrected chi connectivity index (χ0v) is 20.8. The molecule has 0 aliphatic heterocycles. The maximum Gasteiger partial charge on any atom is 0.128 e. The first kappa shape index (κ1) is 24.1. The first-order chi connectivity index (χ1) is 15.4. The van der Waals surface area contributed by atoms with E-state index in [4.69, 9.17) is 19.4 Å². The first-order valence-corrected chi connectivity index (χ1v) is 11.8. The summed E-state index contributed by atoms with van der Waals surface area (Å²) in [5.41, 5.74) is 6.38. The molecule has 3 aromatic rings. The van der Waals surface area contributed by atoms with Crippen LogP contribution in [0, 0.1) is 27.7 Å². The predicted octanol–water partition coefficient (Wildman–Crippen LogP) is 5.52. The molecule has 2 aromatic heterocycles. The van der Waals surface area contributed by atoms with E-state index in [1.807, 2.05) is 38.0 Å². The van der Waals surface area contributed by atoms with Crippen LogP contribution in [0.15, 0.2) is 47.6 Å². The van der Waals surface area contributed by atoms with E-state index in [0.29, 0.717) is 0 Å². The van der Waals surface area contributed by atoms with Crippen LogP contribution in [-0.2, 0) is 13.1 Å². The van der Waals surface area contributed by atoms with Gasteiger partial charge in [-0.2, -0.15) is 0 Å². The average molecular weight is 452 g/mol. The maximum absolute atomic E-state index is 5.63. The van der Waals surface area contributed by atoms with Crippen molar-refractivity contribution in [3.63, 3.8) is 0 Å². The summed E-state index contributed by atoms with van der Waals surface area (Å²) >= 11 is 1.87. The molecule has 0 atom stereocenters. The fourth-order valence-corrected chi connectivity index (χ4v) is 4.84. The van der Waals surface area contributed by atoms with E-state index >= 15 is 0 Å². The lowest BCUT2D eigenvalue weighted by Crippen LogP contribution is -2.27. The van der Waals surface area contributed by atoms with E-state index in [1.54, 1.807) is 14.2 Å². The summed E-state index contributed by atoms with van der Waals surface area (Å²) in [6.07, 6.45) is 3.80. The van der Waals surface area contributed by atoms with E-state index in [0.717, 1.165) is 70.5 Å². The Hall–Kier alpha value is -2.57. The second-order valence-electron chi connectivity index (χ2n) is 7.96. The van der Waals surface area contributed by atoms with Gasteiger partial charge in [0, 0.05) is 64.9 Å². The van der Waals surface area contributed by atoms with E-state index in [9.17, 15) is 0 Å². The number of ether oxygens (including phenoxy) is 2. The Balaban J connectivity index is 1.83. The number of nitrogens with zero attached hydrogens (tertiary/aromatic N) is 3. The number of hydrogen-bond donors (Lipinski definition) is 0. The number of aryl methyl sites for hydroxylation is 2. The summed E-state index contributed by atoms with van der Waals surface area (Å²) in [6, 6.07) is 10.5. The van der Waals surface area contributed by atoms with Gasteiger partial charge in [-0.25, -0.2) is 0 Å². The number of methoxy groups -OCH3 is 2. The van der Waals surface area contributed by atoms with Crippen molar-refractivity contribution in [1.29, 1.82) is 0 Å². The van der Waals surface area contributed by atoms with Crippen LogP contribution in [0.25, 0.3) is 0 Å². The second kappa shape index (κ2) is 11.3. The second-order valence-corrected chi connectivity index (χ2v) is 9.13. The van der Waals surface area contributed by atoms with Gasteiger partial charge in [-0.15, -0.1) is 11.8 Å². The van der Waals surface area contributed by atoms with Crippen LogP contribution in [0.5, 0.6) is 11.5 Å². The highest BCUT2D eigenvalue weighted by atomic mass is 32.2. The van der Waals surface area contributed by atoms with Gasteiger partial charge in [0.15, 0.2) is 0 Å². The number of benzene rings is 1. The fourth-order valence-electron chi connectivity index (χ4n) is 3.91. The van der Waals surface area contributed by atoms with Gasteiger partial charge in [0.05, 0.1) is 25.6 Å². The van der Waals surface area contributed by atoms with Crippen LogP contribution in [-0.4, -0.2) is 41.4 Å². The number of thioether (sulfide) groups is 1. The van der Waals surface area contributed by atoms with Crippen molar-refractivity contribution < 1.29 is 9.47 Å². The molecule has 0 spiro atoms. The first-order valence-electron chi connectivity index (χ1n) is 10.8. The Labute approximate surface area is 196 Å². The SMILES string of the molecule is COc1c(C)cnc(CN(CCSc2ccccc2)Cc2ncc(C)c(OC)c2C)c1C. The Morgan fingerprint density at radius 2 is 1.28 bits per heavy atom. The quantitative estimate of drug-likeness (QED) is 0.378. The summed E-state index contributed by atoms with van der Waals surface area (Å²) in [5, 5.41) is 0. The van der Waals surface area contributed by atoms with Crippen LogP contribution in [0.1, 0.15) is 33.6 Å². The van der Waals surface area contributed by atoms with E-state index in [1.165, 1.54) is 4.90 Å². The third kappa shape index (κ3) is 5.81. The third-order valence-electron chi connectivity index (χ3n) is 5.67. The highest BCUT2D eigenvalue weighted by Gasteiger charge is 2.17. The van der Waals surface area contributed by atoms with Gasteiger partial charge in [-0.05, 0) is 39.8 Å². The predicted molar refractivity (Wildman–Crippen MR) is 132 cm³/mol. The Kier molecular flexibility index (Phi) is 8.53. The smallest absolute Gasteiger partial charge is 0.128 e.